The Labute approximate surface area is 178 Å². The minimum atomic E-state index is 0.262. The van der Waals surface area contributed by atoms with Crippen molar-refractivity contribution in [3.63, 3.8) is 0 Å². The molecule has 4 rings (SSSR count). The van der Waals surface area contributed by atoms with E-state index in [2.05, 4.69) is 25.0 Å². The van der Waals surface area contributed by atoms with Crippen LogP contribution in [-0.2, 0) is 22.4 Å². The molecule has 4 N–H and O–H groups in total. The van der Waals surface area contributed by atoms with Crippen LogP contribution in [0.3, 0.4) is 0 Å². The molecule has 0 aliphatic heterocycles. The Kier molecular flexibility index (Phi) is 7.12. The first-order valence-electron chi connectivity index (χ1n) is 9.55. The molecule has 0 aromatic carbocycles. The zero-order valence-corrected chi connectivity index (χ0v) is 17.7. The number of hydrogen-bond donors (Lipinski definition) is 3. The SMILES string of the molecule is CCOC=O.COc1nc(N)c(C=N)cc1Nc1ncnc2sc3c(c12)CCCC3. The normalized spacial score (nSPS) is 12.3. The molecule has 10 heteroatoms. The Balaban J connectivity index is 0.000000461. The summed E-state index contributed by atoms with van der Waals surface area (Å²) in [5, 5.41) is 11.9. The largest absolute Gasteiger partial charge is 0.479 e. The number of hydrogen-bond acceptors (Lipinski definition) is 10. The van der Waals surface area contributed by atoms with E-state index in [0.29, 0.717) is 30.2 Å². The van der Waals surface area contributed by atoms with Gasteiger partial charge in [0.05, 0.1) is 19.1 Å². The van der Waals surface area contributed by atoms with Crippen molar-refractivity contribution in [1.29, 1.82) is 5.41 Å². The number of fused-ring (bicyclic) bond motifs is 3. The average Bonchev–Trinajstić information content (AvgIpc) is 3.15. The molecule has 0 fully saturated rings. The molecule has 1 aliphatic rings. The van der Waals surface area contributed by atoms with Crippen LogP contribution >= 0.6 is 11.3 Å². The Hall–Kier alpha value is -3.27. The van der Waals surface area contributed by atoms with Gasteiger partial charge in [-0.05, 0) is 44.2 Å². The first-order chi connectivity index (χ1) is 14.6. The van der Waals surface area contributed by atoms with E-state index in [1.807, 2.05) is 0 Å². The maximum absolute atomic E-state index is 9.18. The number of pyridine rings is 1. The van der Waals surface area contributed by atoms with Gasteiger partial charge in [0.25, 0.3) is 6.47 Å². The van der Waals surface area contributed by atoms with Crippen LogP contribution in [0.2, 0.25) is 0 Å². The van der Waals surface area contributed by atoms with Gasteiger partial charge in [-0.2, -0.15) is 4.98 Å². The number of ether oxygens (including phenoxy) is 2. The van der Waals surface area contributed by atoms with Crippen LogP contribution in [0, 0.1) is 5.41 Å². The van der Waals surface area contributed by atoms with Crippen molar-refractivity contribution in [3.8, 4) is 5.88 Å². The van der Waals surface area contributed by atoms with E-state index in [0.717, 1.165) is 28.9 Å². The average molecular weight is 429 g/mol. The van der Waals surface area contributed by atoms with E-state index in [9.17, 15) is 4.79 Å². The predicted octanol–water partition coefficient (Wildman–Crippen LogP) is 3.48. The van der Waals surface area contributed by atoms with Crippen LogP contribution in [0.5, 0.6) is 5.88 Å². The summed E-state index contributed by atoms with van der Waals surface area (Å²) in [7, 11) is 1.54. The van der Waals surface area contributed by atoms with Crippen molar-refractivity contribution in [2.24, 2.45) is 0 Å². The topological polar surface area (TPSA) is 136 Å². The van der Waals surface area contributed by atoms with Gasteiger partial charge in [-0.3, -0.25) is 4.79 Å². The third-order valence-corrected chi connectivity index (χ3v) is 5.84. The molecule has 0 bridgehead atoms. The summed E-state index contributed by atoms with van der Waals surface area (Å²) in [5.74, 6) is 1.38. The number of nitrogen functional groups attached to an aromatic ring is 1. The number of carbonyl (C=O) groups is 1. The van der Waals surface area contributed by atoms with Crippen molar-refractivity contribution in [3.05, 3.63) is 28.4 Å². The Morgan fingerprint density at radius 3 is 2.80 bits per heavy atom. The third kappa shape index (κ3) is 4.48. The molecule has 30 heavy (non-hydrogen) atoms. The highest BCUT2D eigenvalue weighted by atomic mass is 32.1. The number of aryl methyl sites for hydroxylation is 2. The zero-order valence-electron chi connectivity index (χ0n) is 16.9. The Morgan fingerprint density at radius 1 is 1.33 bits per heavy atom. The number of nitrogens with one attached hydrogen (secondary N) is 2. The van der Waals surface area contributed by atoms with Crippen LogP contribution < -0.4 is 15.8 Å². The minimum Gasteiger partial charge on any atom is -0.479 e. The molecule has 0 saturated heterocycles. The van der Waals surface area contributed by atoms with Gasteiger partial charge >= 0.3 is 0 Å². The van der Waals surface area contributed by atoms with E-state index >= 15 is 0 Å². The van der Waals surface area contributed by atoms with Gasteiger partial charge in [0.1, 0.15) is 28.5 Å². The van der Waals surface area contributed by atoms with E-state index in [1.165, 1.54) is 29.5 Å². The van der Waals surface area contributed by atoms with Crippen molar-refractivity contribution < 1.29 is 14.3 Å². The Morgan fingerprint density at radius 2 is 2.13 bits per heavy atom. The lowest BCUT2D eigenvalue weighted by atomic mass is 9.97. The first kappa shape index (κ1) is 21.4. The number of thiophene rings is 1. The minimum absolute atomic E-state index is 0.262. The summed E-state index contributed by atoms with van der Waals surface area (Å²) in [6.45, 7) is 2.66. The quantitative estimate of drug-likeness (QED) is 0.401. The van der Waals surface area contributed by atoms with Crippen LogP contribution in [-0.4, -0.2) is 41.4 Å². The maximum atomic E-state index is 9.18. The third-order valence-electron chi connectivity index (χ3n) is 4.64. The molecule has 9 nitrogen and oxygen atoms in total. The lowest BCUT2D eigenvalue weighted by Crippen LogP contribution is -2.05. The molecule has 3 heterocycles. The van der Waals surface area contributed by atoms with Gasteiger partial charge < -0.3 is 25.9 Å². The second-order valence-electron chi connectivity index (χ2n) is 6.45. The second-order valence-corrected chi connectivity index (χ2v) is 7.54. The van der Waals surface area contributed by atoms with E-state index in [-0.39, 0.29) is 5.82 Å². The van der Waals surface area contributed by atoms with Crippen LogP contribution in [0.4, 0.5) is 17.3 Å². The fourth-order valence-corrected chi connectivity index (χ4v) is 4.50. The number of nitrogens with two attached hydrogens (primary N) is 1. The number of anilines is 3. The van der Waals surface area contributed by atoms with Gasteiger partial charge in [-0.15, -0.1) is 11.3 Å². The summed E-state index contributed by atoms with van der Waals surface area (Å²) < 4.78 is 9.49. The number of aromatic nitrogens is 3. The molecule has 0 radical (unpaired) electrons. The fourth-order valence-electron chi connectivity index (χ4n) is 3.27. The molecule has 0 spiro atoms. The monoisotopic (exact) mass is 428 g/mol. The molecule has 1 aliphatic carbocycles. The lowest BCUT2D eigenvalue weighted by Gasteiger charge is -2.14. The van der Waals surface area contributed by atoms with Gasteiger partial charge in [0.2, 0.25) is 5.88 Å². The molecule has 0 unspecified atom stereocenters. The highest BCUT2D eigenvalue weighted by molar-refractivity contribution is 7.19. The molecule has 158 valence electrons. The molecule has 3 aromatic heterocycles. The first-order valence-corrected chi connectivity index (χ1v) is 10.4. The summed E-state index contributed by atoms with van der Waals surface area (Å²) in [6, 6.07) is 1.75. The van der Waals surface area contributed by atoms with Crippen molar-refractivity contribution in [2.45, 2.75) is 32.6 Å². The standard InChI is InChI=1S/C17H18N6OS.C3H6O2/c1-24-16-11(6-9(7-18)14(19)23-16)22-15-13-10-4-2-3-5-12(10)25-17(13)21-8-20-15;1-2-5-3-4/h6-8,18H,2-5H2,1H3,(H2,19,23)(H,20,21,22);3H,2H2,1H3. The van der Waals surface area contributed by atoms with Crippen molar-refractivity contribution in [1.82, 2.24) is 15.0 Å². The number of rotatable bonds is 6. The molecule has 0 saturated carbocycles. The number of nitrogens with zero attached hydrogens (tertiary/aromatic N) is 3. The van der Waals surface area contributed by atoms with Crippen LogP contribution in [0.1, 0.15) is 35.8 Å². The van der Waals surface area contributed by atoms with E-state index < -0.39 is 0 Å². The summed E-state index contributed by atoms with van der Waals surface area (Å²) >= 11 is 1.75. The summed E-state index contributed by atoms with van der Waals surface area (Å²) in [6.07, 6.45) is 7.34. The van der Waals surface area contributed by atoms with Gasteiger partial charge in [0.15, 0.2) is 0 Å². The van der Waals surface area contributed by atoms with Crippen molar-refractivity contribution in [2.75, 3.05) is 24.8 Å². The van der Waals surface area contributed by atoms with Gasteiger partial charge in [0, 0.05) is 16.7 Å². The summed E-state index contributed by atoms with van der Waals surface area (Å²) in [4.78, 5) is 24.7. The lowest BCUT2D eigenvalue weighted by molar-refractivity contribution is -0.128. The van der Waals surface area contributed by atoms with Crippen LogP contribution in [0.25, 0.3) is 10.2 Å². The molecular weight excluding hydrogens is 404 g/mol. The molecule has 0 atom stereocenters. The van der Waals surface area contributed by atoms with E-state index in [4.69, 9.17) is 15.9 Å². The number of carbonyl (C=O) groups excluding carboxylic acids is 1. The number of methoxy groups -OCH3 is 1. The molecule has 0 amide bonds. The smallest absolute Gasteiger partial charge is 0.293 e. The van der Waals surface area contributed by atoms with E-state index in [1.54, 1.807) is 37.8 Å². The fraction of sp³-hybridized carbons (Fsp3) is 0.350. The van der Waals surface area contributed by atoms with Crippen LogP contribution in [0.15, 0.2) is 12.4 Å². The summed E-state index contributed by atoms with van der Waals surface area (Å²) in [5.41, 5.74) is 8.35. The predicted molar refractivity (Wildman–Crippen MR) is 118 cm³/mol. The van der Waals surface area contributed by atoms with Gasteiger partial charge in [-0.1, -0.05) is 0 Å². The second kappa shape index (κ2) is 9.97. The molecular formula is C20H24N6O3S. The molecule has 3 aromatic rings. The highest BCUT2D eigenvalue weighted by Crippen LogP contribution is 2.39. The van der Waals surface area contributed by atoms with Crippen molar-refractivity contribution >= 4 is 51.6 Å². The van der Waals surface area contributed by atoms with Gasteiger partial charge in [-0.25, -0.2) is 9.97 Å². The Bertz CT molecular complexity index is 1050. The zero-order chi connectivity index (χ0) is 21.5. The highest BCUT2D eigenvalue weighted by Gasteiger charge is 2.21. The maximum Gasteiger partial charge on any atom is 0.293 e.